The molecule has 0 fully saturated rings. The summed E-state index contributed by atoms with van der Waals surface area (Å²) in [7, 11) is 1.89. The largest absolute Gasteiger partial charge is 0.487 e. The van der Waals surface area contributed by atoms with Gasteiger partial charge in [-0.3, -0.25) is 15.6 Å². The number of fused-ring (bicyclic) bond motifs is 2. The van der Waals surface area contributed by atoms with Crippen LogP contribution in [0.2, 0.25) is 0 Å². The quantitative estimate of drug-likeness (QED) is 0.403. The number of rotatable bonds is 6. The first-order valence-corrected chi connectivity index (χ1v) is 10.2. The van der Waals surface area contributed by atoms with Gasteiger partial charge >= 0.3 is 0 Å². The van der Waals surface area contributed by atoms with Crippen molar-refractivity contribution in [2.75, 3.05) is 5.43 Å². The predicted octanol–water partition coefficient (Wildman–Crippen LogP) is 3.87. The lowest BCUT2D eigenvalue weighted by atomic mass is 10.2. The minimum absolute atomic E-state index is 0.265. The molecule has 1 amide bonds. The number of aromatic nitrogens is 4. The molecular weight excluding hydrogens is 404 g/mol. The first-order chi connectivity index (χ1) is 15.6. The van der Waals surface area contributed by atoms with Gasteiger partial charge in [-0.2, -0.15) is 0 Å². The van der Waals surface area contributed by atoms with Gasteiger partial charge in [0.2, 0.25) is 5.95 Å². The Bertz CT molecular complexity index is 1420. The lowest BCUT2D eigenvalue weighted by Gasteiger charge is -2.09. The molecule has 5 aromatic rings. The van der Waals surface area contributed by atoms with Gasteiger partial charge in [-0.15, -0.1) is 0 Å². The molecule has 5 rings (SSSR count). The van der Waals surface area contributed by atoms with Gasteiger partial charge in [-0.1, -0.05) is 18.2 Å². The Hall–Kier alpha value is -4.33. The van der Waals surface area contributed by atoms with Crippen molar-refractivity contribution in [3.63, 3.8) is 0 Å². The highest BCUT2D eigenvalue weighted by Crippen LogP contribution is 2.18. The molecule has 8 nitrogen and oxygen atoms in total. The second-order valence-corrected chi connectivity index (χ2v) is 7.58. The van der Waals surface area contributed by atoms with E-state index in [1.165, 1.54) is 5.56 Å². The average molecular weight is 426 g/mol. The monoisotopic (exact) mass is 426 g/mol. The topological polar surface area (TPSA) is 85.5 Å². The number of hydrogen-bond donors (Lipinski definition) is 2. The van der Waals surface area contributed by atoms with E-state index in [9.17, 15) is 4.79 Å². The molecule has 0 aliphatic rings. The van der Waals surface area contributed by atoms with Crippen molar-refractivity contribution in [3.8, 4) is 5.75 Å². The Kier molecular flexibility index (Phi) is 4.95. The Morgan fingerprint density at radius 2 is 1.81 bits per heavy atom. The zero-order valence-corrected chi connectivity index (χ0v) is 17.7. The molecule has 2 N–H and O–H groups in total. The van der Waals surface area contributed by atoms with Gasteiger partial charge < -0.3 is 13.7 Å². The Balaban J connectivity index is 1.19. The first-order valence-electron chi connectivity index (χ1n) is 10.2. The second-order valence-electron chi connectivity index (χ2n) is 7.58. The summed E-state index contributed by atoms with van der Waals surface area (Å²) in [5, 5.41) is 0. The number of carbonyl (C=O) groups excluding carboxylic acids is 1. The van der Waals surface area contributed by atoms with Gasteiger partial charge in [0.05, 0.1) is 16.7 Å². The number of nitrogens with zero attached hydrogens (tertiary/aromatic N) is 4. The fourth-order valence-electron chi connectivity index (χ4n) is 3.53. The summed E-state index contributed by atoms with van der Waals surface area (Å²) in [4.78, 5) is 21.5. The lowest BCUT2D eigenvalue weighted by Crippen LogP contribution is -2.30. The third-order valence-electron chi connectivity index (χ3n) is 5.23. The van der Waals surface area contributed by atoms with E-state index in [4.69, 9.17) is 4.74 Å². The van der Waals surface area contributed by atoms with Gasteiger partial charge in [-0.05, 0) is 55.0 Å². The third-order valence-corrected chi connectivity index (χ3v) is 5.23. The lowest BCUT2D eigenvalue weighted by molar-refractivity contribution is 0.0962. The van der Waals surface area contributed by atoms with Crippen molar-refractivity contribution in [2.24, 2.45) is 7.05 Å². The highest BCUT2D eigenvalue weighted by atomic mass is 16.5. The number of hydrogen-bond acceptors (Lipinski definition) is 5. The zero-order chi connectivity index (χ0) is 22.1. The van der Waals surface area contributed by atoms with E-state index in [2.05, 4.69) is 20.8 Å². The molecule has 2 aromatic carbocycles. The van der Waals surface area contributed by atoms with Crippen LogP contribution in [0.1, 0.15) is 21.6 Å². The Morgan fingerprint density at radius 3 is 2.62 bits per heavy atom. The maximum Gasteiger partial charge on any atom is 0.269 e. The van der Waals surface area contributed by atoms with E-state index in [1.54, 1.807) is 24.3 Å². The number of nitrogens with one attached hydrogen (secondary N) is 2. The average Bonchev–Trinajstić information content (AvgIpc) is 3.36. The molecule has 32 heavy (non-hydrogen) atoms. The smallest absolute Gasteiger partial charge is 0.269 e. The van der Waals surface area contributed by atoms with Crippen molar-refractivity contribution < 1.29 is 9.53 Å². The summed E-state index contributed by atoms with van der Waals surface area (Å²) >= 11 is 0. The minimum Gasteiger partial charge on any atom is -0.487 e. The predicted molar refractivity (Wildman–Crippen MR) is 123 cm³/mol. The van der Waals surface area contributed by atoms with Crippen LogP contribution in [0.4, 0.5) is 5.95 Å². The number of anilines is 1. The summed E-state index contributed by atoms with van der Waals surface area (Å²) in [6.45, 7) is 2.39. The SMILES string of the molecule is Cc1ccc2nc(COc3ccc(C(=O)NNc4nc5ccccc5n4C)cc3)cn2c1. The Labute approximate surface area is 184 Å². The minimum atomic E-state index is -0.265. The first kappa shape index (κ1) is 19.6. The standard InChI is InChI=1S/C24H22N6O2/c1-16-7-12-22-25-18(14-30(22)13-16)15-32-19-10-8-17(9-11-19)23(31)27-28-24-26-20-5-3-4-6-21(20)29(24)2/h3-14H,15H2,1-2H3,(H,26,28)(H,27,31). The van der Waals surface area contributed by atoms with Crippen molar-refractivity contribution in [1.82, 2.24) is 24.4 Å². The van der Waals surface area contributed by atoms with Crippen molar-refractivity contribution >= 4 is 28.5 Å². The number of benzene rings is 2. The maximum atomic E-state index is 12.5. The van der Waals surface area contributed by atoms with Gasteiger partial charge in [0.15, 0.2) is 0 Å². The number of imidazole rings is 2. The third kappa shape index (κ3) is 3.85. The van der Waals surface area contributed by atoms with Crippen LogP contribution in [0.3, 0.4) is 0 Å². The van der Waals surface area contributed by atoms with Gasteiger partial charge in [0.1, 0.15) is 18.0 Å². The van der Waals surface area contributed by atoms with E-state index in [0.29, 0.717) is 23.9 Å². The van der Waals surface area contributed by atoms with E-state index in [-0.39, 0.29) is 5.91 Å². The van der Waals surface area contributed by atoms with Crippen LogP contribution in [0, 0.1) is 6.92 Å². The van der Waals surface area contributed by atoms with Crippen molar-refractivity contribution in [2.45, 2.75) is 13.5 Å². The second kappa shape index (κ2) is 8.07. The van der Waals surface area contributed by atoms with Gasteiger partial charge in [0.25, 0.3) is 5.91 Å². The van der Waals surface area contributed by atoms with E-state index < -0.39 is 0 Å². The van der Waals surface area contributed by atoms with E-state index in [0.717, 1.165) is 22.4 Å². The molecule has 0 aliphatic carbocycles. The Morgan fingerprint density at radius 1 is 1.00 bits per heavy atom. The fourth-order valence-corrected chi connectivity index (χ4v) is 3.53. The summed E-state index contributed by atoms with van der Waals surface area (Å²) in [5.41, 5.74) is 10.8. The molecule has 0 bridgehead atoms. The zero-order valence-electron chi connectivity index (χ0n) is 17.7. The molecule has 0 spiro atoms. The molecule has 0 atom stereocenters. The number of amides is 1. The summed E-state index contributed by atoms with van der Waals surface area (Å²) in [5.74, 6) is 0.958. The van der Waals surface area contributed by atoms with Crippen LogP contribution in [-0.4, -0.2) is 24.8 Å². The molecule has 3 heterocycles. The number of pyridine rings is 1. The molecule has 160 valence electrons. The highest BCUT2D eigenvalue weighted by molar-refractivity contribution is 5.95. The number of para-hydroxylation sites is 2. The molecule has 0 saturated carbocycles. The van der Waals surface area contributed by atoms with Gasteiger partial charge in [0, 0.05) is 25.0 Å². The van der Waals surface area contributed by atoms with E-state index in [1.807, 2.05) is 71.7 Å². The number of aryl methyl sites for hydroxylation is 2. The van der Waals surface area contributed by atoms with Crippen molar-refractivity contribution in [3.05, 3.63) is 89.9 Å². The molecule has 3 aromatic heterocycles. The molecule has 0 saturated heterocycles. The van der Waals surface area contributed by atoms with Crippen LogP contribution < -0.4 is 15.6 Å². The summed E-state index contributed by atoms with van der Waals surface area (Å²) in [6.07, 6.45) is 3.98. The number of hydrazine groups is 1. The van der Waals surface area contributed by atoms with Crippen LogP contribution in [0.25, 0.3) is 16.7 Å². The van der Waals surface area contributed by atoms with Crippen molar-refractivity contribution in [1.29, 1.82) is 0 Å². The van der Waals surface area contributed by atoms with Crippen LogP contribution in [0.15, 0.2) is 73.1 Å². The number of carbonyl (C=O) groups is 1. The van der Waals surface area contributed by atoms with Crippen LogP contribution in [-0.2, 0) is 13.7 Å². The molecular formula is C24H22N6O2. The van der Waals surface area contributed by atoms with Crippen LogP contribution >= 0.6 is 0 Å². The molecule has 0 aliphatic heterocycles. The van der Waals surface area contributed by atoms with E-state index >= 15 is 0 Å². The summed E-state index contributed by atoms with van der Waals surface area (Å²) < 4.78 is 9.70. The molecule has 8 heteroatoms. The molecule has 0 unspecified atom stereocenters. The highest BCUT2D eigenvalue weighted by Gasteiger charge is 2.10. The summed E-state index contributed by atoms with van der Waals surface area (Å²) in [6, 6.07) is 18.8. The molecule has 0 radical (unpaired) electrons. The fraction of sp³-hybridized carbons (Fsp3) is 0.125. The number of ether oxygens (including phenoxy) is 1. The normalized spacial score (nSPS) is 11.1. The van der Waals surface area contributed by atoms with Gasteiger partial charge in [-0.25, -0.2) is 9.97 Å². The van der Waals surface area contributed by atoms with Crippen LogP contribution in [0.5, 0.6) is 5.75 Å². The maximum absolute atomic E-state index is 12.5.